The molecule has 0 aliphatic heterocycles. The predicted molar refractivity (Wildman–Crippen MR) is 97.8 cm³/mol. The zero-order valence-electron chi connectivity index (χ0n) is 15.9. The Balaban J connectivity index is 1.93. The summed E-state index contributed by atoms with van der Waals surface area (Å²) < 4.78 is 28.0. The van der Waals surface area contributed by atoms with Gasteiger partial charge in [-0.15, -0.1) is 0 Å². The van der Waals surface area contributed by atoms with E-state index in [1.54, 1.807) is 13.0 Å². The number of methoxy groups -OCH3 is 1. The molecule has 0 bridgehead atoms. The van der Waals surface area contributed by atoms with Crippen molar-refractivity contribution in [3.63, 3.8) is 0 Å². The van der Waals surface area contributed by atoms with Gasteiger partial charge >= 0.3 is 11.9 Å². The summed E-state index contributed by atoms with van der Waals surface area (Å²) in [5.41, 5.74) is 0.590. The van der Waals surface area contributed by atoms with E-state index in [1.165, 1.54) is 37.4 Å². The molecule has 0 saturated carbocycles. The molecule has 0 saturated heterocycles. The molecule has 2 aromatic rings. The van der Waals surface area contributed by atoms with Crippen molar-refractivity contribution in [3.05, 3.63) is 48.0 Å². The van der Waals surface area contributed by atoms with Crippen LogP contribution in [-0.4, -0.2) is 37.6 Å². The van der Waals surface area contributed by atoms with Gasteiger partial charge in [0.15, 0.2) is 6.61 Å². The van der Waals surface area contributed by atoms with Crippen LogP contribution in [0.3, 0.4) is 0 Å². The first kappa shape index (κ1) is 21.1. The molecule has 0 aliphatic carbocycles. The minimum Gasteiger partial charge on any atom is -0.467 e. The Morgan fingerprint density at radius 2 is 1.82 bits per heavy atom. The zero-order chi connectivity index (χ0) is 20.7. The van der Waals surface area contributed by atoms with Gasteiger partial charge in [-0.3, -0.25) is 4.79 Å². The number of carbonyl (C=O) groups is 3. The summed E-state index contributed by atoms with van der Waals surface area (Å²) in [6.07, 6.45) is 0.651. The third-order valence-corrected chi connectivity index (χ3v) is 4.25. The van der Waals surface area contributed by atoms with Gasteiger partial charge in [-0.05, 0) is 42.3 Å². The normalized spacial score (nSPS) is 12.7. The van der Waals surface area contributed by atoms with E-state index in [4.69, 9.17) is 9.15 Å². The number of hydrogen-bond acceptors (Lipinski definition) is 6. The summed E-state index contributed by atoms with van der Waals surface area (Å²) in [7, 11) is 1.24. The number of nitrogens with one attached hydrogen (secondary N) is 1. The lowest BCUT2D eigenvalue weighted by Crippen LogP contribution is -2.47. The lowest BCUT2D eigenvalue weighted by atomic mass is 9.99. The summed E-state index contributed by atoms with van der Waals surface area (Å²) in [5, 5.41) is 2.50. The van der Waals surface area contributed by atoms with E-state index < -0.39 is 30.5 Å². The number of hydrogen-bond donors (Lipinski definition) is 1. The van der Waals surface area contributed by atoms with Crippen LogP contribution in [-0.2, 0) is 19.1 Å². The highest BCUT2D eigenvalue weighted by molar-refractivity contribution is 5.90. The molecule has 1 N–H and O–H groups in total. The van der Waals surface area contributed by atoms with E-state index in [0.717, 1.165) is 0 Å². The zero-order valence-corrected chi connectivity index (χ0v) is 15.9. The van der Waals surface area contributed by atoms with Crippen LogP contribution in [0, 0.1) is 11.7 Å². The largest absolute Gasteiger partial charge is 0.467 e. The molecule has 0 fully saturated rings. The summed E-state index contributed by atoms with van der Waals surface area (Å²) in [5.74, 6) is -2.29. The van der Waals surface area contributed by atoms with Crippen LogP contribution in [0.2, 0.25) is 0 Å². The van der Waals surface area contributed by atoms with Gasteiger partial charge < -0.3 is 19.2 Å². The number of esters is 2. The third-order valence-electron chi connectivity index (χ3n) is 4.25. The van der Waals surface area contributed by atoms with E-state index in [0.29, 0.717) is 17.7 Å². The van der Waals surface area contributed by atoms with Crippen LogP contribution in [0.15, 0.2) is 40.8 Å². The number of rotatable bonds is 8. The SMILES string of the molecule is CC[C@H](C)[C@H](NC(=O)COC(=O)c1ccc(-c2ccc(F)cc2)o1)C(=O)OC. The van der Waals surface area contributed by atoms with Gasteiger partial charge in [-0.2, -0.15) is 0 Å². The van der Waals surface area contributed by atoms with Crippen LogP contribution in [0.4, 0.5) is 4.39 Å². The van der Waals surface area contributed by atoms with Gasteiger partial charge in [0.05, 0.1) is 7.11 Å². The van der Waals surface area contributed by atoms with E-state index in [2.05, 4.69) is 10.1 Å². The average molecular weight is 391 g/mol. The molecule has 0 aliphatic rings. The molecule has 7 nitrogen and oxygen atoms in total. The number of ether oxygens (including phenoxy) is 2. The highest BCUT2D eigenvalue weighted by Crippen LogP contribution is 2.22. The van der Waals surface area contributed by atoms with Crippen LogP contribution in [0.5, 0.6) is 0 Å². The molecular weight excluding hydrogens is 369 g/mol. The summed E-state index contributed by atoms with van der Waals surface area (Å²) in [4.78, 5) is 35.9. The Bertz CT molecular complexity index is 829. The smallest absolute Gasteiger partial charge is 0.374 e. The third kappa shape index (κ3) is 5.42. The van der Waals surface area contributed by atoms with Crippen molar-refractivity contribution in [3.8, 4) is 11.3 Å². The van der Waals surface area contributed by atoms with E-state index >= 15 is 0 Å². The molecule has 8 heteroatoms. The van der Waals surface area contributed by atoms with Crippen molar-refractivity contribution in [1.82, 2.24) is 5.32 Å². The van der Waals surface area contributed by atoms with Crippen LogP contribution >= 0.6 is 0 Å². The molecule has 1 aromatic heterocycles. The monoisotopic (exact) mass is 391 g/mol. The van der Waals surface area contributed by atoms with Crippen LogP contribution in [0.1, 0.15) is 30.8 Å². The molecule has 2 rings (SSSR count). The Morgan fingerprint density at radius 3 is 2.43 bits per heavy atom. The minimum atomic E-state index is -0.832. The summed E-state index contributed by atoms with van der Waals surface area (Å²) in [6.45, 7) is 3.10. The average Bonchev–Trinajstić information content (AvgIpc) is 3.19. The van der Waals surface area contributed by atoms with Gasteiger partial charge in [0.1, 0.15) is 17.6 Å². The molecule has 2 atom stereocenters. The van der Waals surface area contributed by atoms with Gasteiger partial charge in [-0.25, -0.2) is 14.0 Å². The van der Waals surface area contributed by atoms with Crippen molar-refractivity contribution in [1.29, 1.82) is 0 Å². The summed E-state index contributed by atoms with van der Waals surface area (Å²) in [6, 6.07) is 7.69. The number of halogens is 1. The topological polar surface area (TPSA) is 94.8 Å². The first-order valence-corrected chi connectivity index (χ1v) is 8.75. The van der Waals surface area contributed by atoms with E-state index in [9.17, 15) is 18.8 Å². The lowest BCUT2D eigenvalue weighted by molar-refractivity contribution is -0.147. The molecular formula is C20H22FNO6. The van der Waals surface area contributed by atoms with Crippen molar-refractivity contribution in [2.24, 2.45) is 5.92 Å². The second kappa shape index (κ2) is 9.68. The quantitative estimate of drug-likeness (QED) is 0.695. The Labute approximate surface area is 161 Å². The first-order valence-electron chi connectivity index (χ1n) is 8.75. The minimum absolute atomic E-state index is 0.0985. The predicted octanol–water partition coefficient (Wildman–Crippen LogP) is 2.95. The molecule has 1 amide bonds. The number of benzene rings is 1. The van der Waals surface area contributed by atoms with E-state index in [1.807, 2.05) is 6.92 Å². The molecule has 0 unspecified atom stereocenters. The van der Waals surface area contributed by atoms with Crippen LogP contribution < -0.4 is 5.32 Å². The molecule has 1 aromatic carbocycles. The number of amides is 1. The maximum Gasteiger partial charge on any atom is 0.374 e. The summed E-state index contributed by atoms with van der Waals surface area (Å²) >= 11 is 0. The Kier molecular flexibility index (Phi) is 7.31. The highest BCUT2D eigenvalue weighted by Gasteiger charge is 2.27. The molecule has 0 spiro atoms. The maximum atomic E-state index is 13.0. The second-order valence-electron chi connectivity index (χ2n) is 6.20. The van der Waals surface area contributed by atoms with Gasteiger partial charge in [-0.1, -0.05) is 20.3 Å². The lowest BCUT2D eigenvalue weighted by Gasteiger charge is -2.21. The Morgan fingerprint density at radius 1 is 1.14 bits per heavy atom. The van der Waals surface area contributed by atoms with Gasteiger partial charge in [0.2, 0.25) is 5.76 Å². The highest BCUT2D eigenvalue weighted by atomic mass is 19.1. The molecule has 0 radical (unpaired) electrons. The molecule has 28 heavy (non-hydrogen) atoms. The van der Waals surface area contributed by atoms with Crippen LogP contribution in [0.25, 0.3) is 11.3 Å². The van der Waals surface area contributed by atoms with Crippen molar-refractivity contribution in [2.45, 2.75) is 26.3 Å². The van der Waals surface area contributed by atoms with Crippen molar-refractivity contribution in [2.75, 3.05) is 13.7 Å². The fourth-order valence-electron chi connectivity index (χ4n) is 2.43. The fourth-order valence-corrected chi connectivity index (χ4v) is 2.43. The molecule has 1 heterocycles. The molecule has 150 valence electrons. The standard InChI is InChI=1S/C20H22FNO6/c1-4-12(2)18(20(25)26-3)22-17(23)11-27-19(24)16-10-9-15(28-16)13-5-7-14(21)8-6-13/h5-10,12,18H,4,11H2,1-3H3,(H,22,23)/t12-,18-/m0/s1. The van der Waals surface area contributed by atoms with Crippen molar-refractivity contribution < 1.29 is 32.7 Å². The van der Waals surface area contributed by atoms with Gasteiger partial charge in [0, 0.05) is 5.56 Å². The van der Waals surface area contributed by atoms with Crippen molar-refractivity contribution >= 4 is 17.8 Å². The maximum absolute atomic E-state index is 13.0. The first-order chi connectivity index (χ1) is 13.3. The Hall–Kier alpha value is -3.16. The van der Waals surface area contributed by atoms with Gasteiger partial charge in [0.25, 0.3) is 5.91 Å². The fraction of sp³-hybridized carbons (Fsp3) is 0.350. The number of furan rings is 1. The second-order valence-corrected chi connectivity index (χ2v) is 6.20. The number of carbonyl (C=O) groups excluding carboxylic acids is 3. The van der Waals surface area contributed by atoms with E-state index in [-0.39, 0.29) is 17.5 Å².